The Hall–Kier alpha value is -1.26. The van der Waals surface area contributed by atoms with Crippen LogP contribution in [0.15, 0.2) is 0 Å². The highest BCUT2D eigenvalue weighted by Gasteiger charge is 2.37. The van der Waals surface area contributed by atoms with E-state index in [9.17, 15) is 9.59 Å². The van der Waals surface area contributed by atoms with Crippen LogP contribution in [0.3, 0.4) is 0 Å². The van der Waals surface area contributed by atoms with Crippen molar-refractivity contribution in [1.29, 1.82) is 0 Å². The van der Waals surface area contributed by atoms with Crippen molar-refractivity contribution in [2.24, 2.45) is 11.8 Å². The normalized spacial score (nSPS) is 27.7. The zero-order valence-corrected chi connectivity index (χ0v) is 11.6. The number of piperidine rings is 1. The fourth-order valence-electron chi connectivity index (χ4n) is 3.44. The van der Waals surface area contributed by atoms with Gasteiger partial charge in [-0.25, -0.2) is 4.79 Å². The lowest BCUT2D eigenvalue weighted by atomic mass is 9.92. The fourth-order valence-corrected chi connectivity index (χ4v) is 3.44. The van der Waals surface area contributed by atoms with Gasteiger partial charge < -0.3 is 15.3 Å². The van der Waals surface area contributed by atoms with Crippen LogP contribution < -0.4 is 5.32 Å². The van der Waals surface area contributed by atoms with Gasteiger partial charge in [0.1, 0.15) is 0 Å². The van der Waals surface area contributed by atoms with Gasteiger partial charge in [-0.3, -0.25) is 4.79 Å². The Labute approximate surface area is 114 Å². The number of urea groups is 1. The van der Waals surface area contributed by atoms with Gasteiger partial charge in [-0.2, -0.15) is 0 Å². The smallest absolute Gasteiger partial charge is 0.317 e. The van der Waals surface area contributed by atoms with E-state index in [1.54, 1.807) is 0 Å². The number of likely N-dealkylation sites (tertiary alicyclic amines) is 1. The molecule has 0 aromatic heterocycles. The second-order valence-electron chi connectivity index (χ2n) is 5.98. The molecule has 1 heterocycles. The summed E-state index contributed by atoms with van der Waals surface area (Å²) in [4.78, 5) is 24.8. The van der Waals surface area contributed by atoms with Crippen molar-refractivity contribution in [2.45, 2.75) is 51.5 Å². The van der Waals surface area contributed by atoms with Gasteiger partial charge in [-0.05, 0) is 37.5 Å². The SMILES string of the molecule is CC(CNC(=O)N1CCCC2CCCC21)CC(=O)O. The van der Waals surface area contributed by atoms with Crippen LogP contribution in [0.2, 0.25) is 0 Å². The van der Waals surface area contributed by atoms with Crippen molar-refractivity contribution in [3.05, 3.63) is 0 Å². The third-order valence-electron chi connectivity index (χ3n) is 4.38. The second kappa shape index (κ2) is 6.26. The second-order valence-corrected chi connectivity index (χ2v) is 5.98. The Morgan fingerprint density at radius 2 is 2.05 bits per heavy atom. The first-order chi connectivity index (χ1) is 9.08. The highest BCUT2D eigenvalue weighted by Crippen LogP contribution is 2.36. The number of rotatable bonds is 4. The number of carboxylic acid groups (broad SMARTS) is 1. The standard InChI is InChI=1S/C14H24N2O3/c1-10(8-13(17)18)9-15-14(19)16-7-3-5-11-4-2-6-12(11)16/h10-12H,2-9H2,1H3,(H,15,19)(H,17,18). The number of hydrogen-bond acceptors (Lipinski definition) is 2. The molecule has 3 unspecified atom stereocenters. The summed E-state index contributed by atoms with van der Waals surface area (Å²) in [6.45, 7) is 3.14. The lowest BCUT2D eigenvalue weighted by Crippen LogP contribution is -2.51. The molecule has 0 radical (unpaired) electrons. The molecule has 19 heavy (non-hydrogen) atoms. The Balaban J connectivity index is 1.80. The first-order valence-corrected chi connectivity index (χ1v) is 7.34. The Kier molecular flexibility index (Phi) is 4.66. The predicted octanol–water partition coefficient (Wildman–Crippen LogP) is 2.07. The van der Waals surface area contributed by atoms with Gasteiger partial charge in [0.05, 0.1) is 0 Å². The molecule has 0 aromatic carbocycles. The van der Waals surface area contributed by atoms with Crippen LogP contribution >= 0.6 is 0 Å². The predicted molar refractivity (Wildman–Crippen MR) is 71.9 cm³/mol. The zero-order valence-electron chi connectivity index (χ0n) is 11.6. The van der Waals surface area contributed by atoms with E-state index in [0.717, 1.165) is 19.4 Å². The van der Waals surface area contributed by atoms with Crippen molar-refractivity contribution >= 4 is 12.0 Å². The number of carboxylic acids is 1. The fraction of sp³-hybridized carbons (Fsp3) is 0.857. The summed E-state index contributed by atoms with van der Waals surface area (Å²) >= 11 is 0. The van der Waals surface area contributed by atoms with Crippen LogP contribution in [0.1, 0.15) is 45.4 Å². The van der Waals surface area contributed by atoms with Gasteiger partial charge in [0, 0.05) is 25.6 Å². The number of hydrogen-bond donors (Lipinski definition) is 2. The molecule has 3 atom stereocenters. The van der Waals surface area contributed by atoms with E-state index in [0.29, 0.717) is 18.5 Å². The first-order valence-electron chi connectivity index (χ1n) is 7.34. The number of carbonyl (C=O) groups excluding carboxylic acids is 1. The molecule has 108 valence electrons. The first kappa shape index (κ1) is 14.2. The van der Waals surface area contributed by atoms with E-state index >= 15 is 0 Å². The van der Waals surface area contributed by atoms with Gasteiger partial charge in [-0.15, -0.1) is 0 Å². The lowest BCUT2D eigenvalue weighted by Gasteiger charge is -2.37. The Morgan fingerprint density at radius 3 is 2.79 bits per heavy atom. The Morgan fingerprint density at radius 1 is 1.32 bits per heavy atom. The van der Waals surface area contributed by atoms with Crippen LogP contribution in [0, 0.1) is 11.8 Å². The molecule has 5 nitrogen and oxygen atoms in total. The molecule has 1 saturated heterocycles. The summed E-state index contributed by atoms with van der Waals surface area (Å²) in [5.74, 6) is -0.142. The molecule has 2 amide bonds. The van der Waals surface area contributed by atoms with Crippen molar-refractivity contribution < 1.29 is 14.7 Å². The summed E-state index contributed by atoms with van der Waals surface area (Å²) in [7, 11) is 0. The average Bonchev–Trinajstić information content (AvgIpc) is 2.83. The van der Waals surface area contributed by atoms with E-state index in [2.05, 4.69) is 5.32 Å². The molecule has 1 aliphatic carbocycles. The largest absolute Gasteiger partial charge is 0.481 e. The summed E-state index contributed by atoms with van der Waals surface area (Å²) in [6, 6.07) is 0.414. The van der Waals surface area contributed by atoms with Gasteiger partial charge >= 0.3 is 12.0 Å². The number of nitrogens with one attached hydrogen (secondary N) is 1. The van der Waals surface area contributed by atoms with Crippen LogP contribution in [0.5, 0.6) is 0 Å². The lowest BCUT2D eigenvalue weighted by molar-refractivity contribution is -0.137. The number of carbonyl (C=O) groups is 2. The molecule has 0 bridgehead atoms. The summed E-state index contributed by atoms with van der Waals surface area (Å²) in [5.41, 5.74) is 0. The topological polar surface area (TPSA) is 69.6 Å². The van der Waals surface area contributed by atoms with Crippen molar-refractivity contribution in [3.63, 3.8) is 0 Å². The molecular weight excluding hydrogens is 244 g/mol. The van der Waals surface area contributed by atoms with E-state index in [-0.39, 0.29) is 18.4 Å². The van der Waals surface area contributed by atoms with Crippen LogP contribution in [0.4, 0.5) is 4.79 Å². The average molecular weight is 268 g/mol. The highest BCUT2D eigenvalue weighted by molar-refractivity contribution is 5.75. The van der Waals surface area contributed by atoms with E-state index in [1.165, 1.54) is 19.3 Å². The van der Waals surface area contributed by atoms with Crippen molar-refractivity contribution in [1.82, 2.24) is 10.2 Å². The quantitative estimate of drug-likeness (QED) is 0.820. The minimum atomic E-state index is -0.810. The number of nitrogens with zero attached hydrogens (tertiary/aromatic N) is 1. The minimum Gasteiger partial charge on any atom is -0.481 e. The molecule has 5 heteroatoms. The summed E-state index contributed by atoms with van der Waals surface area (Å²) in [5, 5.41) is 11.6. The summed E-state index contributed by atoms with van der Waals surface area (Å²) < 4.78 is 0. The van der Waals surface area contributed by atoms with Crippen molar-refractivity contribution in [2.75, 3.05) is 13.1 Å². The molecule has 2 N–H and O–H groups in total. The molecule has 2 aliphatic rings. The van der Waals surface area contributed by atoms with Crippen LogP contribution in [0.25, 0.3) is 0 Å². The van der Waals surface area contributed by atoms with Gasteiger partial charge in [0.25, 0.3) is 0 Å². The van der Waals surface area contributed by atoms with Gasteiger partial charge in [-0.1, -0.05) is 13.3 Å². The van der Waals surface area contributed by atoms with E-state index in [4.69, 9.17) is 5.11 Å². The maximum absolute atomic E-state index is 12.2. The van der Waals surface area contributed by atoms with E-state index in [1.807, 2.05) is 11.8 Å². The molecule has 2 rings (SSSR count). The molecule has 0 aromatic rings. The van der Waals surface area contributed by atoms with Crippen LogP contribution in [-0.4, -0.2) is 41.1 Å². The molecule has 1 aliphatic heterocycles. The monoisotopic (exact) mass is 268 g/mol. The number of aliphatic carboxylic acids is 1. The Bertz CT molecular complexity index is 346. The molecular formula is C14H24N2O3. The van der Waals surface area contributed by atoms with Gasteiger partial charge in [0.15, 0.2) is 0 Å². The third-order valence-corrected chi connectivity index (χ3v) is 4.38. The number of fused-ring (bicyclic) bond motifs is 1. The minimum absolute atomic E-state index is 0.00570. The maximum Gasteiger partial charge on any atom is 0.317 e. The maximum atomic E-state index is 12.2. The zero-order chi connectivity index (χ0) is 13.8. The molecule has 1 saturated carbocycles. The third kappa shape index (κ3) is 3.61. The highest BCUT2D eigenvalue weighted by atomic mass is 16.4. The number of amides is 2. The van der Waals surface area contributed by atoms with E-state index < -0.39 is 5.97 Å². The molecule has 0 spiro atoms. The van der Waals surface area contributed by atoms with Crippen LogP contribution in [-0.2, 0) is 4.79 Å². The van der Waals surface area contributed by atoms with Crippen molar-refractivity contribution in [3.8, 4) is 0 Å². The summed E-state index contributed by atoms with van der Waals surface area (Å²) in [6.07, 6.45) is 6.07. The van der Waals surface area contributed by atoms with Gasteiger partial charge in [0.2, 0.25) is 0 Å². The molecule has 2 fully saturated rings.